The first-order chi connectivity index (χ1) is 14.7. The molecule has 2 aromatic heterocycles. The molecule has 2 aromatic carbocycles. The van der Waals surface area contributed by atoms with Gasteiger partial charge in [0.2, 0.25) is 0 Å². The number of carbonyl (C=O) groups excluding carboxylic acids is 1. The summed E-state index contributed by atoms with van der Waals surface area (Å²) in [7, 11) is 0.231. The minimum Gasteiger partial charge on any atom is -0.354 e. The van der Waals surface area contributed by atoms with E-state index in [1.165, 1.54) is 6.26 Å². The van der Waals surface area contributed by atoms with Crippen molar-refractivity contribution in [2.75, 3.05) is 25.7 Å². The summed E-state index contributed by atoms with van der Waals surface area (Å²) >= 11 is 0. The Kier molecular flexibility index (Phi) is 5.24. The summed E-state index contributed by atoms with van der Waals surface area (Å²) < 4.78 is 23.2. The Bertz CT molecular complexity index is 1360. The van der Waals surface area contributed by atoms with Gasteiger partial charge in [-0.15, -0.1) is 0 Å². The van der Waals surface area contributed by atoms with Crippen LogP contribution in [0.4, 0.5) is 11.5 Å². The van der Waals surface area contributed by atoms with Crippen LogP contribution in [0.1, 0.15) is 10.4 Å². The van der Waals surface area contributed by atoms with Crippen LogP contribution >= 0.6 is 0 Å². The standard InChI is InChI=1S/C23H22N4O3S/c1-27(2)23(28)16-6-4-15(5-7-16)20-12-17-14-24-22(13-21(17)26-20)25-18-8-10-19(11-9-18)31(3,29)30/h4-14,26H,1-3H3,(H,24,25). The molecule has 4 aromatic rings. The molecule has 0 aliphatic rings. The lowest BCUT2D eigenvalue weighted by Gasteiger charge is -2.10. The lowest BCUT2D eigenvalue weighted by molar-refractivity contribution is 0.0827. The molecule has 158 valence electrons. The van der Waals surface area contributed by atoms with Crippen molar-refractivity contribution in [1.29, 1.82) is 0 Å². The largest absolute Gasteiger partial charge is 0.354 e. The Morgan fingerprint density at radius 2 is 1.68 bits per heavy atom. The molecule has 0 spiro atoms. The lowest BCUT2D eigenvalue weighted by atomic mass is 10.1. The number of pyridine rings is 1. The maximum atomic E-state index is 12.1. The lowest BCUT2D eigenvalue weighted by Crippen LogP contribution is -2.21. The molecule has 4 rings (SSSR count). The molecule has 0 unspecified atom stereocenters. The third kappa shape index (κ3) is 4.44. The minimum absolute atomic E-state index is 0.0346. The summed E-state index contributed by atoms with van der Waals surface area (Å²) in [5.74, 6) is 0.604. The molecule has 2 heterocycles. The van der Waals surface area contributed by atoms with Crippen molar-refractivity contribution >= 4 is 38.2 Å². The van der Waals surface area contributed by atoms with Gasteiger partial charge in [0.25, 0.3) is 5.91 Å². The number of nitrogens with one attached hydrogen (secondary N) is 2. The van der Waals surface area contributed by atoms with E-state index in [1.807, 2.05) is 36.4 Å². The third-order valence-corrected chi connectivity index (χ3v) is 6.04. The average Bonchev–Trinajstić information content (AvgIpc) is 3.16. The normalized spacial score (nSPS) is 11.5. The Morgan fingerprint density at radius 3 is 2.29 bits per heavy atom. The smallest absolute Gasteiger partial charge is 0.253 e. The van der Waals surface area contributed by atoms with Crippen molar-refractivity contribution in [3.63, 3.8) is 0 Å². The second kappa shape index (κ2) is 7.88. The quantitative estimate of drug-likeness (QED) is 0.494. The number of rotatable bonds is 5. The van der Waals surface area contributed by atoms with Gasteiger partial charge in [0.15, 0.2) is 9.84 Å². The van der Waals surface area contributed by atoms with Crippen LogP contribution in [0.15, 0.2) is 71.8 Å². The van der Waals surface area contributed by atoms with Crippen LogP contribution < -0.4 is 5.32 Å². The number of aromatic nitrogens is 2. The number of nitrogens with zero attached hydrogens (tertiary/aromatic N) is 2. The number of hydrogen-bond donors (Lipinski definition) is 2. The third-order valence-electron chi connectivity index (χ3n) is 4.91. The first-order valence-electron chi connectivity index (χ1n) is 9.59. The van der Waals surface area contributed by atoms with Crippen molar-refractivity contribution in [3.05, 3.63) is 72.4 Å². The van der Waals surface area contributed by atoms with Crippen LogP contribution in [0.2, 0.25) is 0 Å². The van der Waals surface area contributed by atoms with E-state index in [1.54, 1.807) is 49.5 Å². The van der Waals surface area contributed by atoms with E-state index >= 15 is 0 Å². The number of carbonyl (C=O) groups is 1. The molecular weight excluding hydrogens is 412 g/mol. The van der Waals surface area contributed by atoms with Crippen LogP contribution in [0.3, 0.4) is 0 Å². The Labute approximate surface area is 180 Å². The molecule has 7 nitrogen and oxygen atoms in total. The monoisotopic (exact) mass is 434 g/mol. The molecule has 0 saturated carbocycles. The number of anilines is 2. The van der Waals surface area contributed by atoms with Gasteiger partial charge in [-0.3, -0.25) is 4.79 Å². The van der Waals surface area contributed by atoms with Crippen LogP contribution in [-0.4, -0.2) is 49.5 Å². The highest BCUT2D eigenvalue weighted by Crippen LogP contribution is 2.26. The molecule has 0 aliphatic carbocycles. The molecule has 2 N–H and O–H groups in total. The van der Waals surface area contributed by atoms with Crippen molar-refractivity contribution in [2.45, 2.75) is 4.90 Å². The van der Waals surface area contributed by atoms with Gasteiger partial charge in [0.1, 0.15) is 5.82 Å². The highest BCUT2D eigenvalue weighted by molar-refractivity contribution is 7.90. The second-order valence-electron chi connectivity index (χ2n) is 7.54. The highest BCUT2D eigenvalue weighted by atomic mass is 32.2. The highest BCUT2D eigenvalue weighted by Gasteiger charge is 2.10. The minimum atomic E-state index is -3.23. The maximum Gasteiger partial charge on any atom is 0.253 e. The molecule has 0 fully saturated rings. The van der Waals surface area contributed by atoms with E-state index in [9.17, 15) is 13.2 Å². The fraction of sp³-hybridized carbons (Fsp3) is 0.130. The van der Waals surface area contributed by atoms with E-state index in [2.05, 4.69) is 15.3 Å². The van der Waals surface area contributed by atoms with Crippen LogP contribution in [0, 0.1) is 0 Å². The van der Waals surface area contributed by atoms with Crippen molar-refractivity contribution in [1.82, 2.24) is 14.9 Å². The predicted octanol–water partition coefficient (Wildman–Crippen LogP) is 4.08. The maximum absolute atomic E-state index is 12.1. The Morgan fingerprint density at radius 1 is 1.00 bits per heavy atom. The fourth-order valence-electron chi connectivity index (χ4n) is 3.23. The van der Waals surface area contributed by atoms with Gasteiger partial charge in [0.05, 0.1) is 10.4 Å². The fourth-order valence-corrected chi connectivity index (χ4v) is 3.86. The number of benzene rings is 2. The summed E-state index contributed by atoms with van der Waals surface area (Å²) in [6.45, 7) is 0. The molecule has 0 atom stereocenters. The first kappa shape index (κ1) is 20.6. The van der Waals surface area contributed by atoms with Gasteiger partial charge < -0.3 is 15.2 Å². The van der Waals surface area contributed by atoms with E-state index in [4.69, 9.17) is 0 Å². The number of H-pyrrole nitrogens is 1. The van der Waals surface area contributed by atoms with Crippen LogP contribution in [-0.2, 0) is 9.84 Å². The number of sulfone groups is 1. The Balaban J connectivity index is 1.56. The van der Waals surface area contributed by atoms with Crippen molar-refractivity contribution in [2.24, 2.45) is 0 Å². The zero-order valence-electron chi connectivity index (χ0n) is 17.4. The Hall–Kier alpha value is -3.65. The number of fused-ring (bicyclic) bond motifs is 1. The van der Waals surface area contributed by atoms with E-state index < -0.39 is 9.84 Å². The van der Waals surface area contributed by atoms with Gasteiger partial charge in [-0.2, -0.15) is 0 Å². The molecule has 0 aliphatic heterocycles. The number of aromatic amines is 1. The van der Waals surface area contributed by atoms with Crippen LogP contribution in [0.5, 0.6) is 0 Å². The summed E-state index contributed by atoms with van der Waals surface area (Å²) in [6, 6.07) is 17.9. The zero-order valence-corrected chi connectivity index (χ0v) is 18.2. The van der Waals surface area contributed by atoms with Gasteiger partial charge in [0, 0.05) is 54.9 Å². The number of amides is 1. The summed E-state index contributed by atoms with van der Waals surface area (Å²) in [4.78, 5) is 21.7. The molecule has 1 amide bonds. The molecule has 0 radical (unpaired) electrons. The summed E-state index contributed by atoms with van der Waals surface area (Å²) in [6.07, 6.45) is 2.95. The van der Waals surface area contributed by atoms with E-state index in [-0.39, 0.29) is 10.8 Å². The van der Waals surface area contributed by atoms with Gasteiger partial charge >= 0.3 is 0 Å². The molecule has 0 bridgehead atoms. The van der Waals surface area contributed by atoms with Gasteiger partial charge in [-0.1, -0.05) is 12.1 Å². The SMILES string of the molecule is CN(C)C(=O)c1ccc(-c2cc3cnc(Nc4ccc(S(C)(=O)=O)cc4)cc3[nH]2)cc1. The average molecular weight is 435 g/mol. The predicted molar refractivity (Wildman–Crippen MR) is 122 cm³/mol. The second-order valence-corrected chi connectivity index (χ2v) is 9.55. The molecule has 8 heteroatoms. The zero-order chi connectivity index (χ0) is 22.2. The molecular formula is C23H22N4O3S. The van der Waals surface area contributed by atoms with Crippen LogP contribution in [0.25, 0.3) is 22.2 Å². The molecule has 0 saturated heterocycles. The number of hydrogen-bond acceptors (Lipinski definition) is 5. The topological polar surface area (TPSA) is 95.2 Å². The van der Waals surface area contributed by atoms with E-state index in [0.29, 0.717) is 11.4 Å². The summed E-state index contributed by atoms with van der Waals surface area (Å²) in [5, 5.41) is 4.15. The van der Waals surface area contributed by atoms with Gasteiger partial charge in [-0.25, -0.2) is 13.4 Å². The van der Waals surface area contributed by atoms with Gasteiger partial charge in [-0.05, 0) is 48.0 Å². The summed E-state index contributed by atoms with van der Waals surface area (Å²) in [5.41, 5.74) is 4.19. The first-order valence-corrected chi connectivity index (χ1v) is 11.5. The van der Waals surface area contributed by atoms with Crippen molar-refractivity contribution in [3.8, 4) is 11.3 Å². The van der Waals surface area contributed by atoms with E-state index in [0.717, 1.165) is 27.8 Å². The van der Waals surface area contributed by atoms with Crippen molar-refractivity contribution < 1.29 is 13.2 Å². The molecule has 31 heavy (non-hydrogen) atoms.